The number of amides is 1. The molecule has 0 radical (unpaired) electrons. The van der Waals surface area contributed by atoms with Crippen LogP contribution in [0.3, 0.4) is 0 Å². The third-order valence-corrected chi connectivity index (χ3v) is 5.95. The number of carbonyl (C=O) groups is 1. The summed E-state index contributed by atoms with van der Waals surface area (Å²) in [7, 11) is 0. The number of nitrogens with zero attached hydrogens (tertiary/aromatic N) is 2. The first-order valence-electron chi connectivity index (χ1n) is 9.53. The van der Waals surface area contributed by atoms with Crippen molar-refractivity contribution in [3.63, 3.8) is 0 Å². The van der Waals surface area contributed by atoms with Crippen molar-refractivity contribution in [2.24, 2.45) is 17.8 Å². The maximum Gasteiger partial charge on any atom is 0.224 e. The maximum absolute atomic E-state index is 12.4. The number of hydrogen-bond donors (Lipinski definition) is 1. The van der Waals surface area contributed by atoms with Gasteiger partial charge in [0.1, 0.15) is 5.82 Å². The van der Waals surface area contributed by atoms with Gasteiger partial charge in [0, 0.05) is 36.1 Å². The molecule has 132 valence electrons. The van der Waals surface area contributed by atoms with Crippen LogP contribution in [0, 0.1) is 17.8 Å². The van der Waals surface area contributed by atoms with Crippen LogP contribution < -0.4 is 5.32 Å². The van der Waals surface area contributed by atoms with Crippen LogP contribution in [0.15, 0.2) is 36.7 Å². The normalized spacial score (nSPS) is 24.8. The minimum absolute atomic E-state index is 0.163. The zero-order chi connectivity index (χ0) is 17.4. The molecule has 25 heavy (non-hydrogen) atoms. The van der Waals surface area contributed by atoms with Gasteiger partial charge < -0.3 is 9.88 Å². The largest absolute Gasteiger partial charge is 0.326 e. The molecule has 0 saturated heterocycles. The number of fused-ring (bicyclic) bond motifs is 2. The highest BCUT2D eigenvalue weighted by Crippen LogP contribution is 2.49. The predicted molar refractivity (Wildman–Crippen MR) is 99.8 cm³/mol. The van der Waals surface area contributed by atoms with Gasteiger partial charge in [-0.25, -0.2) is 4.98 Å². The van der Waals surface area contributed by atoms with Crippen LogP contribution in [0.5, 0.6) is 0 Å². The first-order chi connectivity index (χ1) is 12.1. The van der Waals surface area contributed by atoms with Gasteiger partial charge in [-0.15, -0.1) is 0 Å². The van der Waals surface area contributed by atoms with Crippen LogP contribution in [0.4, 0.5) is 5.69 Å². The zero-order valence-electron chi connectivity index (χ0n) is 15.1. The molecule has 2 saturated carbocycles. The highest BCUT2D eigenvalue weighted by molar-refractivity contribution is 5.91. The Bertz CT molecular complexity index is 747. The van der Waals surface area contributed by atoms with Crippen LogP contribution in [0.2, 0.25) is 0 Å². The molecule has 0 aliphatic heterocycles. The van der Waals surface area contributed by atoms with E-state index in [1.165, 1.54) is 25.7 Å². The van der Waals surface area contributed by atoms with Crippen LogP contribution in [0.25, 0.3) is 5.69 Å². The molecule has 4 heteroatoms. The van der Waals surface area contributed by atoms with E-state index in [1.54, 1.807) is 0 Å². The van der Waals surface area contributed by atoms with Crippen molar-refractivity contribution in [3.05, 3.63) is 42.5 Å². The Kier molecular flexibility index (Phi) is 4.36. The second-order valence-corrected chi connectivity index (χ2v) is 8.04. The van der Waals surface area contributed by atoms with E-state index >= 15 is 0 Å². The van der Waals surface area contributed by atoms with Crippen molar-refractivity contribution in [2.45, 2.75) is 51.9 Å². The standard InChI is InChI=1S/C21H27N3O/c1-14(2)21-22-9-10-24(21)19-7-5-18(6-8-19)23-20(25)13-17-12-15-3-4-16(17)11-15/h5-10,14-17H,3-4,11-13H2,1-2H3,(H,23,25)/t15-,16-,17-/m1/s1. The van der Waals surface area contributed by atoms with Gasteiger partial charge in [-0.3, -0.25) is 4.79 Å². The maximum atomic E-state index is 12.4. The second-order valence-electron chi connectivity index (χ2n) is 8.04. The van der Waals surface area contributed by atoms with Crippen LogP contribution in [-0.2, 0) is 4.79 Å². The fourth-order valence-corrected chi connectivity index (χ4v) is 4.74. The van der Waals surface area contributed by atoms with Gasteiger partial charge in [-0.05, 0) is 61.3 Å². The molecule has 2 aliphatic rings. The van der Waals surface area contributed by atoms with E-state index < -0.39 is 0 Å². The third kappa shape index (κ3) is 3.35. The lowest BCUT2D eigenvalue weighted by atomic mass is 9.86. The minimum atomic E-state index is 0.163. The average Bonchev–Trinajstić information content (AvgIpc) is 3.31. The summed E-state index contributed by atoms with van der Waals surface area (Å²) in [5.74, 6) is 3.89. The summed E-state index contributed by atoms with van der Waals surface area (Å²) >= 11 is 0. The van der Waals surface area contributed by atoms with Crippen molar-refractivity contribution in [1.82, 2.24) is 9.55 Å². The number of benzene rings is 1. The van der Waals surface area contributed by atoms with Crippen molar-refractivity contribution in [1.29, 1.82) is 0 Å². The van der Waals surface area contributed by atoms with Gasteiger partial charge in [0.2, 0.25) is 5.91 Å². The smallest absolute Gasteiger partial charge is 0.224 e. The van der Waals surface area contributed by atoms with Gasteiger partial charge in [0.15, 0.2) is 0 Å². The van der Waals surface area contributed by atoms with Gasteiger partial charge in [-0.2, -0.15) is 0 Å². The van der Waals surface area contributed by atoms with Crippen LogP contribution in [-0.4, -0.2) is 15.5 Å². The minimum Gasteiger partial charge on any atom is -0.326 e. The number of hydrogen-bond acceptors (Lipinski definition) is 2. The summed E-state index contributed by atoms with van der Waals surface area (Å²) in [6.45, 7) is 4.28. The quantitative estimate of drug-likeness (QED) is 0.855. The fraction of sp³-hybridized carbons (Fsp3) is 0.524. The number of anilines is 1. The van der Waals surface area contributed by atoms with Crippen molar-refractivity contribution in [2.75, 3.05) is 5.32 Å². The average molecular weight is 337 g/mol. The van der Waals surface area contributed by atoms with E-state index in [-0.39, 0.29) is 5.91 Å². The molecule has 2 aliphatic carbocycles. The lowest BCUT2D eigenvalue weighted by Crippen LogP contribution is -2.20. The molecular weight excluding hydrogens is 310 g/mol. The Morgan fingerprint density at radius 2 is 2.04 bits per heavy atom. The van der Waals surface area contributed by atoms with Gasteiger partial charge in [0.05, 0.1) is 0 Å². The van der Waals surface area contributed by atoms with E-state index in [1.807, 2.05) is 36.7 Å². The molecule has 2 aromatic rings. The monoisotopic (exact) mass is 337 g/mol. The van der Waals surface area contributed by atoms with Crippen molar-refractivity contribution in [3.8, 4) is 5.69 Å². The Morgan fingerprint density at radius 1 is 1.24 bits per heavy atom. The summed E-state index contributed by atoms with van der Waals surface area (Å²) < 4.78 is 2.10. The number of aromatic nitrogens is 2. The lowest BCUT2D eigenvalue weighted by molar-refractivity contribution is -0.117. The topological polar surface area (TPSA) is 46.9 Å². The molecule has 1 aromatic carbocycles. The Morgan fingerprint density at radius 3 is 2.68 bits per heavy atom. The molecule has 2 fully saturated rings. The van der Waals surface area contributed by atoms with E-state index in [0.717, 1.165) is 29.0 Å². The number of carbonyl (C=O) groups excluding carboxylic acids is 1. The van der Waals surface area contributed by atoms with Crippen molar-refractivity contribution >= 4 is 11.6 Å². The Labute approximate surface area is 149 Å². The molecule has 4 nitrogen and oxygen atoms in total. The highest BCUT2D eigenvalue weighted by Gasteiger charge is 2.40. The van der Waals surface area contributed by atoms with E-state index in [4.69, 9.17) is 0 Å². The first-order valence-corrected chi connectivity index (χ1v) is 9.53. The molecule has 4 rings (SSSR count). The molecule has 1 heterocycles. The van der Waals surface area contributed by atoms with Crippen LogP contribution in [0.1, 0.15) is 57.7 Å². The molecule has 3 atom stereocenters. The van der Waals surface area contributed by atoms with Crippen molar-refractivity contribution < 1.29 is 4.79 Å². The number of rotatable bonds is 5. The molecule has 1 N–H and O–H groups in total. The van der Waals surface area contributed by atoms with Crippen LogP contribution >= 0.6 is 0 Å². The number of nitrogens with one attached hydrogen (secondary N) is 1. The summed E-state index contributed by atoms with van der Waals surface area (Å²) in [6, 6.07) is 8.05. The SMILES string of the molecule is CC(C)c1nccn1-c1ccc(NC(=O)C[C@H]2C[C@@H]3CC[C@@H]2C3)cc1. The second kappa shape index (κ2) is 6.66. The summed E-state index contributed by atoms with van der Waals surface area (Å²) in [5.41, 5.74) is 1.95. The molecule has 2 bridgehead atoms. The Hall–Kier alpha value is -2.10. The molecule has 1 amide bonds. The van der Waals surface area contributed by atoms with Gasteiger partial charge >= 0.3 is 0 Å². The molecule has 1 aromatic heterocycles. The van der Waals surface area contributed by atoms with Gasteiger partial charge in [0.25, 0.3) is 0 Å². The summed E-state index contributed by atoms with van der Waals surface area (Å²) in [6.07, 6.45) is 9.84. The molecule has 0 unspecified atom stereocenters. The molecule has 0 spiro atoms. The summed E-state index contributed by atoms with van der Waals surface area (Å²) in [4.78, 5) is 16.8. The van der Waals surface area contributed by atoms with E-state index in [9.17, 15) is 4.79 Å². The first kappa shape index (κ1) is 16.4. The van der Waals surface area contributed by atoms with Gasteiger partial charge in [-0.1, -0.05) is 20.3 Å². The number of imidazole rings is 1. The van der Waals surface area contributed by atoms with E-state index in [2.05, 4.69) is 28.7 Å². The fourth-order valence-electron chi connectivity index (χ4n) is 4.74. The Balaban J connectivity index is 1.39. The van der Waals surface area contributed by atoms with E-state index in [0.29, 0.717) is 18.3 Å². The highest BCUT2D eigenvalue weighted by atomic mass is 16.1. The summed E-state index contributed by atoms with van der Waals surface area (Å²) in [5, 5.41) is 3.07. The predicted octanol–water partition coefficient (Wildman–Crippen LogP) is 4.76. The molecular formula is C21H27N3O. The zero-order valence-corrected chi connectivity index (χ0v) is 15.1. The third-order valence-electron chi connectivity index (χ3n) is 5.95. The lowest BCUT2D eigenvalue weighted by Gasteiger charge is -2.21.